The highest BCUT2D eigenvalue weighted by Crippen LogP contribution is 2.42. The number of carboxylic acid groups (broad SMARTS) is 1. The number of benzene rings is 1. The third-order valence-corrected chi connectivity index (χ3v) is 3.29. The minimum absolute atomic E-state index is 0.0133. The number of hydrogen-bond donors (Lipinski definition) is 1. The molecule has 1 fully saturated rings. The van der Waals surface area contributed by atoms with E-state index in [-0.39, 0.29) is 17.3 Å². The SMILES string of the molecule is O=C(O)c1nnn(-c2cccc(C(F)(F)F)c2)c1C1CC1. The Balaban J connectivity index is 2.11. The monoisotopic (exact) mass is 297 g/mol. The van der Waals surface area contributed by atoms with Gasteiger partial charge in [0.2, 0.25) is 0 Å². The second-order valence-electron chi connectivity index (χ2n) is 4.86. The number of aromatic nitrogens is 3. The van der Waals surface area contributed by atoms with Crippen molar-refractivity contribution < 1.29 is 23.1 Å². The summed E-state index contributed by atoms with van der Waals surface area (Å²) in [4.78, 5) is 11.1. The van der Waals surface area contributed by atoms with Crippen molar-refractivity contribution in [1.82, 2.24) is 15.0 Å². The van der Waals surface area contributed by atoms with Crippen molar-refractivity contribution in [3.05, 3.63) is 41.2 Å². The molecule has 1 aromatic heterocycles. The molecule has 0 radical (unpaired) electrons. The molecular weight excluding hydrogens is 287 g/mol. The van der Waals surface area contributed by atoms with Crippen LogP contribution in [0.1, 0.15) is 40.5 Å². The van der Waals surface area contributed by atoms with Gasteiger partial charge in [-0.2, -0.15) is 13.2 Å². The van der Waals surface area contributed by atoms with Crippen molar-refractivity contribution in [2.75, 3.05) is 0 Å². The van der Waals surface area contributed by atoms with Crippen LogP contribution in [0.3, 0.4) is 0 Å². The van der Waals surface area contributed by atoms with Crippen molar-refractivity contribution in [3.8, 4) is 5.69 Å². The lowest BCUT2D eigenvalue weighted by Gasteiger charge is -2.10. The lowest BCUT2D eigenvalue weighted by molar-refractivity contribution is -0.137. The zero-order valence-electron chi connectivity index (χ0n) is 10.6. The molecule has 0 unspecified atom stereocenters. The van der Waals surface area contributed by atoms with Crippen LogP contribution in [0.4, 0.5) is 13.2 Å². The first-order valence-corrected chi connectivity index (χ1v) is 6.24. The summed E-state index contributed by atoms with van der Waals surface area (Å²) in [5, 5.41) is 16.4. The van der Waals surface area contributed by atoms with Crippen LogP contribution in [-0.4, -0.2) is 26.1 Å². The average molecular weight is 297 g/mol. The lowest BCUT2D eigenvalue weighted by Crippen LogP contribution is -2.09. The predicted molar refractivity (Wildman–Crippen MR) is 65.3 cm³/mol. The number of carboxylic acids is 1. The van der Waals surface area contributed by atoms with Gasteiger partial charge in [0.05, 0.1) is 16.9 Å². The molecule has 0 saturated heterocycles. The Labute approximate surface area is 117 Å². The Kier molecular flexibility index (Phi) is 2.96. The smallest absolute Gasteiger partial charge is 0.416 e. The molecule has 1 heterocycles. The quantitative estimate of drug-likeness (QED) is 0.946. The summed E-state index contributed by atoms with van der Waals surface area (Å²) < 4.78 is 39.4. The molecule has 0 spiro atoms. The van der Waals surface area contributed by atoms with Crippen LogP contribution in [0.2, 0.25) is 0 Å². The van der Waals surface area contributed by atoms with Gasteiger partial charge in [-0.1, -0.05) is 11.3 Å². The number of aromatic carboxylic acids is 1. The summed E-state index contributed by atoms with van der Waals surface area (Å²) in [6.45, 7) is 0. The molecule has 5 nitrogen and oxygen atoms in total. The summed E-state index contributed by atoms with van der Waals surface area (Å²) in [6.07, 6.45) is -2.90. The molecule has 0 amide bonds. The third-order valence-electron chi connectivity index (χ3n) is 3.29. The maximum Gasteiger partial charge on any atom is 0.416 e. The lowest BCUT2D eigenvalue weighted by atomic mass is 10.1. The fourth-order valence-electron chi connectivity index (χ4n) is 2.17. The molecule has 1 saturated carbocycles. The largest absolute Gasteiger partial charge is 0.476 e. The van der Waals surface area contributed by atoms with E-state index in [2.05, 4.69) is 10.3 Å². The van der Waals surface area contributed by atoms with Crippen molar-refractivity contribution in [1.29, 1.82) is 0 Å². The van der Waals surface area contributed by atoms with E-state index in [1.807, 2.05) is 0 Å². The minimum Gasteiger partial charge on any atom is -0.476 e. The standard InChI is InChI=1S/C13H10F3N3O2/c14-13(15,16)8-2-1-3-9(6-8)19-11(7-4-5-7)10(12(20)21)17-18-19/h1-3,6-7H,4-5H2,(H,20,21). The molecular formula is C13H10F3N3O2. The second kappa shape index (κ2) is 4.57. The van der Waals surface area contributed by atoms with E-state index in [4.69, 9.17) is 5.11 Å². The van der Waals surface area contributed by atoms with Crippen LogP contribution in [0.25, 0.3) is 5.69 Å². The first-order valence-electron chi connectivity index (χ1n) is 6.24. The number of rotatable bonds is 3. The molecule has 1 aliphatic carbocycles. The summed E-state index contributed by atoms with van der Waals surface area (Å²) in [5.41, 5.74) is -0.488. The van der Waals surface area contributed by atoms with Crippen molar-refractivity contribution in [3.63, 3.8) is 0 Å². The Morgan fingerprint density at radius 3 is 2.62 bits per heavy atom. The van der Waals surface area contributed by atoms with Crippen LogP contribution in [0.5, 0.6) is 0 Å². The normalized spacial score (nSPS) is 15.2. The Morgan fingerprint density at radius 1 is 1.33 bits per heavy atom. The molecule has 2 aromatic rings. The maximum atomic E-state index is 12.7. The van der Waals surface area contributed by atoms with Gasteiger partial charge in [0.25, 0.3) is 0 Å². The Morgan fingerprint density at radius 2 is 2.05 bits per heavy atom. The van der Waals surface area contributed by atoms with Gasteiger partial charge in [-0.25, -0.2) is 9.48 Å². The van der Waals surface area contributed by atoms with Gasteiger partial charge in [-0.15, -0.1) is 5.10 Å². The van der Waals surface area contributed by atoms with E-state index in [9.17, 15) is 18.0 Å². The molecule has 21 heavy (non-hydrogen) atoms. The highest BCUT2D eigenvalue weighted by atomic mass is 19.4. The summed E-state index contributed by atoms with van der Waals surface area (Å²) in [7, 11) is 0. The first-order chi connectivity index (χ1) is 9.88. The molecule has 8 heteroatoms. The number of hydrogen-bond acceptors (Lipinski definition) is 3. The summed E-state index contributed by atoms with van der Waals surface area (Å²) in [6, 6.07) is 4.60. The van der Waals surface area contributed by atoms with E-state index in [0.29, 0.717) is 5.69 Å². The van der Waals surface area contributed by atoms with Crippen LogP contribution < -0.4 is 0 Å². The predicted octanol–water partition coefficient (Wildman–Crippen LogP) is 2.86. The summed E-state index contributed by atoms with van der Waals surface area (Å²) >= 11 is 0. The van der Waals surface area contributed by atoms with E-state index in [1.165, 1.54) is 16.8 Å². The van der Waals surface area contributed by atoms with Crippen LogP contribution >= 0.6 is 0 Å². The average Bonchev–Trinajstić information content (AvgIpc) is 3.16. The van der Waals surface area contributed by atoms with Gasteiger partial charge in [0.15, 0.2) is 5.69 Å². The van der Waals surface area contributed by atoms with E-state index >= 15 is 0 Å². The van der Waals surface area contributed by atoms with Crippen molar-refractivity contribution >= 4 is 5.97 Å². The zero-order valence-corrected chi connectivity index (χ0v) is 10.6. The van der Waals surface area contributed by atoms with Crippen LogP contribution in [0, 0.1) is 0 Å². The first kappa shape index (κ1) is 13.6. The highest BCUT2D eigenvalue weighted by Gasteiger charge is 2.35. The maximum absolute atomic E-state index is 12.7. The minimum atomic E-state index is -4.47. The molecule has 1 aromatic carbocycles. The Bertz CT molecular complexity index is 705. The number of carbonyl (C=O) groups is 1. The fraction of sp³-hybridized carbons (Fsp3) is 0.308. The Hall–Kier alpha value is -2.38. The number of alkyl halides is 3. The van der Waals surface area contributed by atoms with E-state index in [0.717, 1.165) is 25.0 Å². The third kappa shape index (κ3) is 2.48. The number of halogens is 3. The topological polar surface area (TPSA) is 68.0 Å². The van der Waals surface area contributed by atoms with Crippen LogP contribution in [-0.2, 0) is 6.18 Å². The second-order valence-corrected chi connectivity index (χ2v) is 4.86. The van der Waals surface area contributed by atoms with Gasteiger partial charge < -0.3 is 5.11 Å². The molecule has 110 valence electrons. The molecule has 0 bridgehead atoms. The van der Waals surface area contributed by atoms with Gasteiger partial charge in [0, 0.05) is 5.92 Å². The van der Waals surface area contributed by atoms with Gasteiger partial charge >= 0.3 is 12.1 Å². The molecule has 0 aliphatic heterocycles. The highest BCUT2D eigenvalue weighted by molar-refractivity contribution is 5.87. The van der Waals surface area contributed by atoms with Crippen molar-refractivity contribution in [2.45, 2.75) is 24.9 Å². The molecule has 1 aliphatic rings. The molecule has 1 N–H and O–H groups in total. The number of nitrogens with zero attached hydrogens (tertiary/aromatic N) is 3. The van der Waals surface area contributed by atoms with Gasteiger partial charge in [-0.05, 0) is 31.0 Å². The summed E-state index contributed by atoms with van der Waals surface area (Å²) in [5.74, 6) is -1.24. The molecule has 3 rings (SSSR count). The van der Waals surface area contributed by atoms with Crippen molar-refractivity contribution in [2.24, 2.45) is 0 Å². The fourth-order valence-corrected chi connectivity index (χ4v) is 2.17. The van der Waals surface area contributed by atoms with E-state index < -0.39 is 17.7 Å². The van der Waals surface area contributed by atoms with Gasteiger partial charge in [0.1, 0.15) is 0 Å². The zero-order chi connectivity index (χ0) is 15.2. The molecule has 0 atom stereocenters. The van der Waals surface area contributed by atoms with Crippen LogP contribution in [0.15, 0.2) is 24.3 Å². The van der Waals surface area contributed by atoms with E-state index in [1.54, 1.807) is 0 Å². The van der Waals surface area contributed by atoms with Gasteiger partial charge in [-0.3, -0.25) is 0 Å².